The van der Waals surface area contributed by atoms with Gasteiger partial charge in [-0.3, -0.25) is 19.6 Å². The highest BCUT2D eigenvalue weighted by Gasteiger charge is 2.29. The van der Waals surface area contributed by atoms with Gasteiger partial charge >= 0.3 is 5.97 Å². The molecule has 1 N–H and O–H groups in total. The maximum absolute atomic E-state index is 11.7. The second kappa shape index (κ2) is 7.68. The minimum atomic E-state index is -0.758. The Morgan fingerprint density at radius 1 is 1.22 bits per heavy atom. The van der Waals surface area contributed by atoms with Crippen LogP contribution in [0.5, 0.6) is 0 Å². The summed E-state index contributed by atoms with van der Waals surface area (Å²) in [6.07, 6.45) is 4.62. The van der Waals surface area contributed by atoms with Crippen molar-refractivity contribution in [2.75, 3.05) is 26.2 Å². The van der Waals surface area contributed by atoms with E-state index in [9.17, 15) is 9.90 Å². The summed E-state index contributed by atoms with van der Waals surface area (Å²) in [5.74, 6) is -0.758. The molecule has 5 nitrogen and oxygen atoms in total. The predicted molar refractivity (Wildman–Crippen MR) is 90.4 cm³/mol. The Labute approximate surface area is 140 Å². The first-order valence-corrected chi connectivity index (χ1v) is 8.78. The summed E-state index contributed by atoms with van der Waals surface area (Å²) in [6, 6.07) is 5.47. The number of hydrogen-bond donors (Lipinski definition) is 1. The SMILES string of the molecule is O=C(O)C(c1ccsc1)N1CCCN(Cc2ccncc2)CC1. The third-order valence-corrected chi connectivity index (χ3v) is 4.94. The highest BCUT2D eigenvalue weighted by Crippen LogP contribution is 2.25. The smallest absolute Gasteiger partial charge is 0.325 e. The van der Waals surface area contributed by atoms with Crippen molar-refractivity contribution in [3.8, 4) is 0 Å². The molecule has 23 heavy (non-hydrogen) atoms. The zero-order chi connectivity index (χ0) is 16.1. The molecule has 1 fully saturated rings. The van der Waals surface area contributed by atoms with E-state index < -0.39 is 12.0 Å². The summed E-state index contributed by atoms with van der Waals surface area (Å²) in [7, 11) is 0. The molecular formula is C17H21N3O2S. The molecule has 2 aromatic heterocycles. The van der Waals surface area contributed by atoms with E-state index >= 15 is 0 Å². The lowest BCUT2D eigenvalue weighted by atomic mass is 10.1. The van der Waals surface area contributed by atoms with Gasteiger partial charge in [-0.2, -0.15) is 11.3 Å². The van der Waals surface area contributed by atoms with Crippen molar-refractivity contribution in [1.82, 2.24) is 14.8 Å². The van der Waals surface area contributed by atoms with E-state index in [0.717, 1.165) is 44.7 Å². The number of thiophene rings is 1. The number of rotatable bonds is 5. The van der Waals surface area contributed by atoms with E-state index in [1.807, 2.05) is 41.4 Å². The molecule has 6 heteroatoms. The van der Waals surface area contributed by atoms with E-state index in [4.69, 9.17) is 0 Å². The fourth-order valence-electron chi connectivity index (χ4n) is 3.09. The molecule has 0 radical (unpaired) electrons. The van der Waals surface area contributed by atoms with Crippen molar-refractivity contribution in [2.45, 2.75) is 19.0 Å². The number of aliphatic carboxylic acids is 1. The highest BCUT2D eigenvalue weighted by atomic mass is 32.1. The zero-order valence-corrected chi connectivity index (χ0v) is 13.8. The molecule has 1 aliphatic heterocycles. The van der Waals surface area contributed by atoms with Crippen LogP contribution < -0.4 is 0 Å². The number of pyridine rings is 1. The first kappa shape index (κ1) is 16.1. The van der Waals surface area contributed by atoms with Gasteiger partial charge < -0.3 is 5.11 Å². The van der Waals surface area contributed by atoms with Gasteiger partial charge in [0, 0.05) is 38.6 Å². The van der Waals surface area contributed by atoms with Gasteiger partial charge in [-0.25, -0.2) is 0 Å². The Hall–Kier alpha value is -1.76. The van der Waals surface area contributed by atoms with E-state index in [2.05, 4.69) is 14.8 Å². The maximum Gasteiger partial charge on any atom is 0.325 e. The monoisotopic (exact) mass is 331 g/mol. The average Bonchev–Trinajstić information content (AvgIpc) is 2.97. The van der Waals surface area contributed by atoms with E-state index in [1.54, 1.807) is 11.3 Å². The lowest BCUT2D eigenvalue weighted by Gasteiger charge is -2.27. The molecule has 0 amide bonds. The van der Waals surface area contributed by atoms with Gasteiger partial charge in [-0.05, 0) is 53.1 Å². The van der Waals surface area contributed by atoms with Crippen LogP contribution in [0.25, 0.3) is 0 Å². The normalized spacial score (nSPS) is 18.4. The van der Waals surface area contributed by atoms with Crippen LogP contribution in [-0.2, 0) is 11.3 Å². The van der Waals surface area contributed by atoms with Crippen molar-refractivity contribution >= 4 is 17.3 Å². The van der Waals surface area contributed by atoms with Crippen LogP contribution in [0.2, 0.25) is 0 Å². The van der Waals surface area contributed by atoms with Gasteiger partial charge in [0.25, 0.3) is 0 Å². The fraction of sp³-hybridized carbons (Fsp3) is 0.412. The quantitative estimate of drug-likeness (QED) is 0.912. The Balaban J connectivity index is 1.64. The topological polar surface area (TPSA) is 56.7 Å². The molecule has 0 bridgehead atoms. The molecular weight excluding hydrogens is 310 g/mol. The number of carboxylic acid groups (broad SMARTS) is 1. The van der Waals surface area contributed by atoms with Crippen molar-refractivity contribution in [3.63, 3.8) is 0 Å². The molecule has 0 aliphatic carbocycles. The molecule has 3 heterocycles. The fourth-order valence-corrected chi connectivity index (χ4v) is 3.77. The molecule has 1 aliphatic rings. The summed E-state index contributed by atoms with van der Waals surface area (Å²) in [5.41, 5.74) is 2.14. The predicted octanol–water partition coefficient (Wildman–Crippen LogP) is 2.48. The molecule has 122 valence electrons. The first-order chi connectivity index (χ1) is 11.2. The third-order valence-electron chi connectivity index (χ3n) is 4.24. The van der Waals surface area contributed by atoms with Crippen LogP contribution in [-0.4, -0.2) is 52.0 Å². The lowest BCUT2D eigenvalue weighted by molar-refractivity contribution is -0.143. The van der Waals surface area contributed by atoms with Crippen LogP contribution in [0, 0.1) is 0 Å². The number of hydrogen-bond acceptors (Lipinski definition) is 5. The van der Waals surface area contributed by atoms with Crippen LogP contribution >= 0.6 is 11.3 Å². The second-order valence-electron chi connectivity index (χ2n) is 5.82. The summed E-state index contributed by atoms with van der Waals surface area (Å²) in [6.45, 7) is 4.37. The van der Waals surface area contributed by atoms with Crippen molar-refractivity contribution < 1.29 is 9.90 Å². The minimum absolute atomic E-state index is 0.526. The Kier molecular flexibility index (Phi) is 5.38. The number of carboxylic acids is 1. The molecule has 3 rings (SSSR count). The maximum atomic E-state index is 11.7. The summed E-state index contributed by atoms with van der Waals surface area (Å²) >= 11 is 1.55. The third kappa shape index (κ3) is 4.16. The lowest BCUT2D eigenvalue weighted by Crippen LogP contribution is -2.37. The van der Waals surface area contributed by atoms with Gasteiger partial charge in [0.05, 0.1) is 0 Å². The van der Waals surface area contributed by atoms with Crippen molar-refractivity contribution in [3.05, 3.63) is 52.5 Å². The van der Waals surface area contributed by atoms with Gasteiger partial charge in [-0.15, -0.1) is 0 Å². The molecule has 0 spiro atoms. The van der Waals surface area contributed by atoms with Crippen LogP contribution in [0.3, 0.4) is 0 Å². The molecule has 1 atom stereocenters. The van der Waals surface area contributed by atoms with Crippen molar-refractivity contribution in [1.29, 1.82) is 0 Å². The van der Waals surface area contributed by atoms with Gasteiger partial charge in [0.15, 0.2) is 0 Å². The first-order valence-electron chi connectivity index (χ1n) is 7.84. The Bertz CT molecular complexity index is 618. The largest absolute Gasteiger partial charge is 0.480 e. The molecule has 0 saturated carbocycles. The average molecular weight is 331 g/mol. The van der Waals surface area contributed by atoms with E-state index in [0.29, 0.717) is 0 Å². The Morgan fingerprint density at radius 3 is 2.74 bits per heavy atom. The number of aromatic nitrogens is 1. The van der Waals surface area contributed by atoms with Gasteiger partial charge in [-0.1, -0.05) is 0 Å². The summed E-state index contributed by atoms with van der Waals surface area (Å²) in [4.78, 5) is 20.3. The van der Waals surface area contributed by atoms with Gasteiger partial charge in [0.1, 0.15) is 6.04 Å². The summed E-state index contributed by atoms with van der Waals surface area (Å²) in [5, 5.41) is 13.5. The molecule has 1 saturated heterocycles. The van der Waals surface area contributed by atoms with Crippen LogP contribution in [0.4, 0.5) is 0 Å². The number of carbonyl (C=O) groups is 1. The van der Waals surface area contributed by atoms with Crippen LogP contribution in [0.15, 0.2) is 41.4 Å². The standard InChI is InChI=1S/C17H21N3O2S/c21-17(22)16(15-4-11-23-13-15)20-8-1-7-19(9-10-20)12-14-2-5-18-6-3-14/h2-6,11,13,16H,1,7-10,12H2,(H,21,22). The Morgan fingerprint density at radius 2 is 2.04 bits per heavy atom. The van der Waals surface area contributed by atoms with Crippen molar-refractivity contribution in [2.24, 2.45) is 0 Å². The highest BCUT2D eigenvalue weighted by molar-refractivity contribution is 7.08. The summed E-state index contributed by atoms with van der Waals surface area (Å²) < 4.78 is 0. The number of nitrogens with zero attached hydrogens (tertiary/aromatic N) is 3. The molecule has 0 aromatic carbocycles. The zero-order valence-electron chi connectivity index (χ0n) is 13.0. The second-order valence-corrected chi connectivity index (χ2v) is 6.60. The van der Waals surface area contributed by atoms with Gasteiger partial charge in [0.2, 0.25) is 0 Å². The minimum Gasteiger partial charge on any atom is -0.480 e. The molecule has 2 aromatic rings. The molecule has 1 unspecified atom stereocenters. The van der Waals surface area contributed by atoms with E-state index in [-0.39, 0.29) is 0 Å². The van der Waals surface area contributed by atoms with Crippen LogP contribution in [0.1, 0.15) is 23.6 Å². The van der Waals surface area contributed by atoms with E-state index in [1.165, 1.54) is 5.56 Å².